The number of likely N-dealkylation sites (tertiary alicyclic amines) is 1. The van der Waals surface area contributed by atoms with E-state index >= 15 is 0 Å². The van der Waals surface area contributed by atoms with Crippen LogP contribution in [0.15, 0.2) is 30.5 Å². The predicted octanol–water partition coefficient (Wildman–Crippen LogP) is 2.18. The van der Waals surface area contributed by atoms with Gasteiger partial charge in [0.15, 0.2) is 0 Å². The third-order valence-electron chi connectivity index (χ3n) is 3.54. The fourth-order valence-corrected chi connectivity index (χ4v) is 2.43. The number of Topliss-reactive ketones (excluding diaryl/α,β-unsaturated/α-hetero) is 1. The van der Waals surface area contributed by atoms with Gasteiger partial charge in [0.25, 0.3) is 5.91 Å². The SMILES string of the molecule is O=C1CCN(C(=O)c2ccnc3ccc(F)cc23)CC1. The Kier molecular flexibility index (Phi) is 3.18. The molecular formula is C15H13FN2O2. The minimum absolute atomic E-state index is 0.171. The molecule has 20 heavy (non-hydrogen) atoms. The van der Waals surface area contributed by atoms with Gasteiger partial charge in [0.1, 0.15) is 11.6 Å². The highest BCUT2D eigenvalue weighted by atomic mass is 19.1. The number of hydrogen-bond donors (Lipinski definition) is 0. The maximum Gasteiger partial charge on any atom is 0.254 e. The first kappa shape index (κ1) is 12.7. The van der Waals surface area contributed by atoms with Crippen molar-refractivity contribution in [2.24, 2.45) is 0 Å². The first-order valence-corrected chi connectivity index (χ1v) is 6.50. The Hall–Kier alpha value is -2.30. The van der Waals surface area contributed by atoms with Crippen LogP contribution >= 0.6 is 0 Å². The van der Waals surface area contributed by atoms with E-state index in [9.17, 15) is 14.0 Å². The molecule has 2 aromatic rings. The summed E-state index contributed by atoms with van der Waals surface area (Å²) in [5.74, 6) is -0.386. The van der Waals surface area contributed by atoms with Gasteiger partial charge in [-0.2, -0.15) is 0 Å². The van der Waals surface area contributed by atoms with Crippen molar-refractivity contribution in [1.29, 1.82) is 0 Å². The Labute approximate surface area is 115 Å². The lowest BCUT2D eigenvalue weighted by Crippen LogP contribution is -2.38. The second-order valence-corrected chi connectivity index (χ2v) is 4.85. The number of piperidine rings is 1. The number of ketones is 1. The second-order valence-electron chi connectivity index (χ2n) is 4.85. The number of rotatable bonds is 1. The fraction of sp³-hybridized carbons (Fsp3) is 0.267. The van der Waals surface area contributed by atoms with Gasteiger partial charge in [-0.3, -0.25) is 14.6 Å². The Morgan fingerprint density at radius 1 is 1.20 bits per heavy atom. The highest BCUT2D eigenvalue weighted by molar-refractivity contribution is 6.06. The zero-order valence-electron chi connectivity index (χ0n) is 10.8. The Bertz CT molecular complexity index is 689. The number of aromatic nitrogens is 1. The molecule has 102 valence electrons. The molecule has 1 aromatic heterocycles. The lowest BCUT2D eigenvalue weighted by atomic mass is 10.0. The number of benzene rings is 1. The van der Waals surface area contributed by atoms with Gasteiger partial charge < -0.3 is 4.90 Å². The zero-order chi connectivity index (χ0) is 14.1. The average molecular weight is 272 g/mol. The van der Waals surface area contributed by atoms with Crippen LogP contribution in [-0.2, 0) is 4.79 Å². The molecule has 0 saturated carbocycles. The highest BCUT2D eigenvalue weighted by Crippen LogP contribution is 2.20. The van der Waals surface area contributed by atoms with Gasteiger partial charge >= 0.3 is 0 Å². The molecule has 1 saturated heterocycles. The van der Waals surface area contributed by atoms with Crippen LogP contribution in [0.3, 0.4) is 0 Å². The highest BCUT2D eigenvalue weighted by Gasteiger charge is 2.23. The number of halogens is 1. The molecular weight excluding hydrogens is 259 g/mol. The summed E-state index contributed by atoms with van der Waals surface area (Å²) in [6.45, 7) is 0.855. The van der Waals surface area contributed by atoms with Gasteiger partial charge in [0.05, 0.1) is 11.1 Å². The van der Waals surface area contributed by atoms with Crippen LogP contribution < -0.4 is 0 Å². The van der Waals surface area contributed by atoms with Crippen molar-refractivity contribution in [3.63, 3.8) is 0 Å². The van der Waals surface area contributed by atoms with Crippen LogP contribution in [0.5, 0.6) is 0 Å². The van der Waals surface area contributed by atoms with Crippen molar-refractivity contribution in [2.75, 3.05) is 13.1 Å². The van der Waals surface area contributed by atoms with Gasteiger partial charge in [-0.1, -0.05) is 0 Å². The largest absolute Gasteiger partial charge is 0.338 e. The lowest BCUT2D eigenvalue weighted by molar-refractivity contribution is -0.120. The molecule has 1 aliphatic rings. The average Bonchev–Trinajstić information content (AvgIpc) is 2.46. The molecule has 4 nitrogen and oxygen atoms in total. The van der Waals surface area contributed by atoms with E-state index in [2.05, 4.69) is 4.98 Å². The summed E-state index contributed by atoms with van der Waals surface area (Å²) in [7, 11) is 0. The summed E-state index contributed by atoms with van der Waals surface area (Å²) in [4.78, 5) is 29.5. The van der Waals surface area contributed by atoms with Crippen molar-refractivity contribution in [1.82, 2.24) is 9.88 Å². The molecule has 0 spiro atoms. The van der Waals surface area contributed by atoms with E-state index in [1.54, 1.807) is 23.2 Å². The third-order valence-corrected chi connectivity index (χ3v) is 3.54. The molecule has 3 rings (SSSR count). The molecule has 0 atom stereocenters. The van der Waals surface area contributed by atoms with E-state index in [1.165, 1.54) is 12.1 Å². The van der Waals surface area contributed by atoms with Crippen LogP contribution in [-0.4, -0.2) is 34.7 Å². The van der Waals surface area contributed by atoms with E-state index in [0.717, 1.165) is 0 Å². The minimum Gasteiger partial charge on any atom is -0.338 e. The molecule has 1 amide bonds. The standard InChI is InChI=1S/C15H13FN2O2/c16-10-1-2-14-13(9-10)12(3-6-17-14)15(20)18-7-4-11(19)5-8-18/h1-3,6,9H,4-5,7-8H2. The summed E-state index contributed by atoms with van der Waals surface area (Å²) in [6, 6.07) is 5.80. The van der Waals surface area contributed by atoms with E-state index in [4.69, 9.17) is 0 Å². The third kappa shape index (κ3) is 2.27. The van der Waals surface area contributed by atoms with Gasteiger partial charge in [0.2, 0.25) is 0 Å². The van der Waals surface area contributed by atoms with E-state index in [1.807, 2.05) is 0 Å². The number of amides is 1. The van der Waals surface area contributed by atoms with Crippen LogP contribution in [0.2, 0.25) is 0 Å². The first-order valence-electron chi connectivity index (χ1n) is 6.50. The number of carbonyl (C=O) groups excluding carboxylic acids is 2. The van der Waals surface area contributed by atoms with Crippen molar-refractivity contribution in [3.05, 3.63) is 41.8 Å². The maximum absolute atomic E-state index is 13.4. The zero-order valence-corrected chi connectivity index (χ0v) is 10.8. The summed E-state index contributed by atoms with van der Waals surface area (Å²) in [6.07, 6.45) is 2.33. The van der Waals surface area contributed by atoms with Crippen LogP contribution in [0.25, 0.3) is 10.9 Å². The van der Waals surface area contributed by atoms with E-state index in [0.29, 0.717) is 42.4 Å². The monoisotopic (exact) mass is 272 g/mol. The smallest absolute Gasteiger partial charge is 0.254 e. The molecule has 1 fully saturated rings. The van der Waals surface area contributed by atoms with Crippen molar-refractivity contribution < 1.29 is 14.0 Å². The second kappa shape index (κ2) is 5.00. The van der Waals surface area contributed by atoms with Crippen molar-refractivity contribution >= 4 is 22.6 Å². The molecule has 5 heteroatoms. The van der Waals surface area contributed by atoms with E-state index in [-0.39, 0.29) is 11.7 Å². The Morgan fingerprint density at radius 3 is 2.70 bits per heavy atom. The van der Waals surface area contributed by atoms with Gasteiger partial charge in [0, 0.05) is 37.5 Å². The van der Waals surface area contributed by atoms with Crippen molar-refractivity contribution in [2.45, 2.75) is 12.8 Å². The maximum atomic E-state index is 13.4. The molecule has 0 N–H and O–H groups in total. The Morgan fingerprint density at radius 2 is 1.95 bits per heavy atom. The first-order chi connectivity index (χ1) is 9.65. The molecule has 0 bridgehead atoms. The molecule has 1 aromatic carbocycles. The van der Waals surface area contributed by atoms with Gasteiger partial charge in [-0.15, -0.1) is 0 Å². The summed E-state index contributed by atoms with van der Waals surface area (Å²) in [5.41, 5.74) is 1.02. The van der Waals surface area contributed by atoms with Crippen LogP contribution in [0.4, 0.5) is 4.39 Å². The summed E-state index contributed by atoms with van der Waals surface area (Å²) < 4.78 is 13.4. The minimum atomic E-state index is -0.395. The van der Waals surface area contributed by atoms with Crippen LogP contribution in [0.1, 0.15) is 23.2 Å². The number of nitrogens with zero attached hydrogens (tertiary/aromatic N) is 2. The normalized spacial score (nSPS) is 15.7. The van der Waals surface area contributed by atoms with Gasteiger partial charge in [-0.05, 0) is 24.3 Å². The Balaban J connectivity index is 1.99. The molecule has 2 heterocycles. The molecule has 0 unspecified atom stereocenters. The summed E-state index contributed by atoms with van der Waals surface area (Å²) in [5, 5.41) is 0.509. The molecule has 0 radical (unpaired) electrons. The molecule has 0 aliphatic carbocycles. The number of pyridine rings is 1. The summed E-state index contributed by atoms with van der Waals surface area (Å²) >= 11 is 0. The topological polar surface area (TPSA) is 50.3 Å². The number of carbonyl (C=O) groups is 2. The lowest BCUT2D eigenvalue weighted by Gasteiger charge is -2.26. The predicted molar refractivity (Wildman–Crippen MR) is 71.8 cm³/mol. The van der Waals surface area contributed by atoms with Crippen LogP contribution in [0, 0.1) is 5.82 Å². The number of fused-ring (bicyclic) bond motifs is 1. The number of hydrogen-bond acceptors (Lipinski definition) is 3. The van der Waals surface area contributed by atoms with Gasteiger partial charge in [-0.25, -0.2) is 4.39 Å². The molecule has 1 aliphatic heterocycles. The van der Waals surface area contributed by atoms with Crippen molar-refractivity contribution in [3.8, 4) is 0 Å². The van der Waals surface area contributed by atoms with E-state index < -0.39 is 5.82 Å². The quantitative estimate of drug-likeness (QED) is 0.799. The fourth-order valence-electron chi connectivity index (χ4n) is 2.43.